The molecule has 2 fully saturated rings. The van der Waals surface area contributed by atoms with Crippen molar-refractivity contribution in [1.29, 1.82) is 0 Å². The SMILES string of the molecule is COc1cccc(C(=O)N2CCN([C@@H]3CCCC[C@H]3C(=O)N[C@H](C(N)=O)c3ccccc3)CC2)c1. The fourth-order valence-electron chi connectivity index (χ4n) is 5.26. The number of nitrogens with two attached hydrogens (primary N) is 1. The molecule has 8 nitrogen and oxygen atoms in total. The molecule has 3 atom stereocenters. The Morgan fingerprint density at radius 2 is 1.69 bits per heavy atom. The number of nitrogens with one attached hydrogen (secondary N) is 1. The summed E-state index contributed by atoms with van der Waals surface area (Å²) in [7, 11) is 1.59. The first kappa shape index (κ1) is 24.7. The van der Waals surface area contributed by atoms with Crippen LogP contribution < -0.4 is 15.8 Å². The van der Waals surface area contributed by atoms with Gasteiger partial charge in [0.15, 0.2) is 0 Å². The van der Waals surface area contributed by atoms with Gasteiger partial charge in [-0.05, 0) is 36.6 Å². The number of hydrogen-bond acceptors (Lipinski definition) is 5. The van der Waals surface area contributed by atoms with Crippen LogP contribution in [0.3, 0.4) is 0 Å². The monoisotopic (exact) mass is 478 g/mol. The van der Waals surface area contributed by atoms with E-state index in [0.29, 0.717) is 43.1 Å². The van der Waals surface area contributed by atoms with Gasteiger partial charge in [0.2, 0.25) is 11.8 Å². The quantitative estimate of drug-likeness (QED) is 0.636. The fraction of sp³-hybridized carbons (Fsp3) is 0.444. The van der Waals surface area contributed by atoms with Crippen LogP contribution in [0.15, 0.2) is 54.6 Å². The zero-order valence-corrected chi connectivity index (χ0v) is 20.2. The van der Waals surface area contributed by atoms with Gasteiger partial charge in [-0.2, -0.15) is 0 Å². The van der Waals surface area contributed by atoms with Crippen molar-refractivity contribution in [3.05, 3.63) is 65.7 Å². The van der Waals surface area contributed by atoms with Gasteiger partial charge in [-0.25, -0.2) is 0 Å². The van der Waals surface area contributed by atoms with Crippen LogP contribution in [-0.4, -0.2) is 66.9 Å². The molecule has 0 radical (unpaired) electrons. The number of amides is 3. The van der Waals surface area contributed by atoms with E-state index < -0.39 is 11.9 Å². The highest BCUT2D eigenvalue weighted by molar-refractivity contribution is 5.94. The zero-order valence-electron chi connectivity index (χ0n) is 20.2. The molecule has 2 aromatic carbocycles. The molecule has 3 amide bonds. The molecule has 1 aliphatic carbocycles. The van der Waals surface area contributed by atoms with E-state index in [1.807, 2.05) is 35.2 Å². The minimum Gasteiger partial charge on any atom is -0.497 e. The molecule has 1 heterocycles. The van der Waals surface area contributed by atoms with Gasteiger partial charge in [-0.3, -0.25) is 19.3 Å². The van der Waals surface area contributed by atoms with E-state index in [-0.39, 0.29) is 23.8 Å². The summed E-state index contributed by atoms with van der Waals surface area (Å²) in [5, 5.41) is 2.91. The third-order valence-corrected chi connectivity index (χ3v) is 7.16. The smallest absolute Gasteiger partial charge is 0.254 e. The highest BCUT2D eigenvalue weighted by Crippen LogP contribution is 2.30. The van der Waals surface area contributed by atoms with Crippen LogP contribution in [0.25, 0.3) is 0 Å². The Morgan fingerprint density at radius 1 is 0.971 bits per heavy atom. The number of benzene rings is 2. The van der Waals surface area contributed by atoms with E-state index in [4.69, 9.17) is 10.5 Å². The number of rotatable bonds is 7. The molecule has 4 rings (SSSR count). The molecule has 8 heteroatoms. The number of nitrogens with zero attached hydrogens (tertiary/aromatic N) is 2. The third-order valence-electron chi connectivity index (χ3n) is 7.16. The Morgan fingerprint density at radius 3 is 2.37 bits per heavy atom. The van der Waals surface area contributed by atoms with Crippen molar-refractivity contribution in [3.63, 3.8) is 0 Å². The maximum atomic E-state index is 13.3. The van der Waals surface area contributed by atoms with Crippen LogP contribution in [0.4, 0.5) is 0 Å². The average molecular weight is 479 g/mol. The largest absolute Gasteiger partial charge is 0.497 e. The molecule has 1 aliphatic heterocycles. The van der Waals surface area contributed by atoms with Crippen LogP contribution in [0.1, 0.15) is 47.6 Å². The van der Waals surface area contributed by atoms with Gasteiger partial charge in [0.1, 0.15) is 11.8 Å². The molecule has 0 spiro atoms. The molecule has 186 valence electrons. The molecule has 35 heavy (non-hydrogen) atoms. The molecular weight excluding hydrogens is 444 g/mol. The van der Waals surface area contributed by atoms with Crippen LogP contribution >= 0.6 is 0 Å². The van der Waals surface area contributed by atoms with Crippen molar-refractivity contribution in [2.24, 2.45) is 11.7 Å². The first-order valence-corrected chi connectivity index (χ1v) is 12.3. The molecule has 1 saturated carbocycles. The Bertz CT molecular complexity index is 1040. The Balaban J connectivity index is 1.39. The Kier molecular flexibility index (Phi) is 8.02. The number of carbonyl (C=O) groups is 3. The highest BCUT2D eigenvalue weighted by atomic mass is 16.5. The summed E-state index contributed by atoms with van der Waals surface area (Å²) >= 11 is 0. The predicted octanol–water partition coefficient (Wildman–Crippen LogP) is 2.35. The number of carbonyl (C=O) groups excluding carboxylic acids is 3. The van der Waals surface area contributed by atoms with Crippen molar-refractivity contribution in [1.82, 2.24) is 15.1 Å². The lowest BCUT2D eigenvalue weighted by Crippen LogP contribution is -2.56. The summed E-state index contributed by atoms with van der Waals surface area (Å²) in [5.41, 5.74) is 6.93. The summed E-state index contributed by atoms with van der Waals surface area (Å²) < 4.78 is 5.25. The number of ether oxygens (including phenoxy) is 1. The Labute approximate surface area is 206 Å². The van der Waals surface area contributed by atoms with Gasteiger partial charge in [0.25, 0.3) is 5.91 Å². The van der Waals surface area contributed by atoms with E-state index in [2.05, 4.69) is 10.2 Å². The summed E-state index contributed by atoms with van der Waals surface area (Å²) in [4.78, 5) is 42.6. The number of piperazine rings is 1. The maximum Gasteiger partial charge on any atom is 0.254 e. The van der Waals surface area contributed by atoms with Crippen molar-refractivity contribution < 1.29 is 19.1 Å². The minimum atomic E-state index is -0.844. The first-order valence-electron chi connectivity index (χ1n) is 12.3. The van der Waals surface area contributed by atoms with Gasteiger partial charge in [-0.1, -0.05) is 49.2 Å². The predicted molar refractivity (Wildman–Crippen MR) is 133 cm³/mol. The average Bonchev–Trinajstić information content (AvgIpc) is 2.91. The van der Waals surface area contributed by atoms with Gasteiger partial charge >= 0.3 is 0 Å². The number of hydrogen-bond donors (Lipinski definition) is 2. The van der Waals surface area contributed by atoms with E-state index >= 15 is 0 Å². The number of primary amides is 1. The second kappa shape index (κ2) is 11.4. The molecular formula is C27H34N4O4. The minimum absolute atomic E-state index is 0.00588. The second-order valence-electron chi connectivity index (χ2n) is 9.27. The topological polar surface area (TPSA) is 105 Å². The molecule has 1 saturated heterocycles. The van der Waals surface area contributed by atoms with E-state index in [0.717, 1.165) is 25.7 Å². The lowest BCUT2D eigenvalue weighted by molar-refractivity contribution is -0.133. The van der Waals surface area contributed by atoms with Crippen molar-refractivity contribution in [2.45, 2.75) is 37.8 Å². The van der Waals surface area contributed by atoms with Gasteiger partial charge in [-0.15, -0.1) is 0 Å². The van der Waals surface area contributed by atoms with Crippen LogP contribution in [0.2, 0.25) is 0 Å². The zero-order chi connectivity index (χ0) is 24.8. The third kappa shape index (κ3) is 5.82. The molecule has 2 aliphatic rings. The highest BCUT2D eigenvalue weighted by Gasteiger charge is 2.38. The lowest BCUT2D eigenvalue weighted by atomic mass is 9.82. The van der Waals surface area contributed by atoms with Crippen LogP contribution in [0.5, 0.6) is 5.75 Å². The van der Waals surface area contributed by atoms with Gasteiger partial charge in [0.05, 0.1) is 13.0 Å². The number of methoxy groups -OCH3 is 1. The van der Waals surface area contributed by atoms with Crippen LogP contribution in [0, 0.1) is 5.92 Å². The van der Waals surface area contributed by atoms with Gasteiger partial charge < -0.3 is 20.7 Å². The standard InChI is InChI=1S/C27H34N4O4/c1-35-21-11-7-10-20(18-21)27(34)31-16-14-30(15-17-31)23-13-6-5-12-22(23)26(33)29-24(25(28)32)19-8-3-2-4-9-19/h2-4,7-11,18,22-24H,5-6,12-17H2,1H3,(H2,28,32)(H,29,33)/t22-,23-,24+/m1/s1. The summed E-state index contributed by atoms with van der Waals surface area (Å²) in [6.07, 6.45) is 3.75. The Hall–Kier alpha value is -3.39. The molecule has 0 unspecified atom stereocenters. The van der Waals surface area contributed by atoms with Crippen molar-refractivity contribution >= 4 is 17.7 Å². The van der Waals surface area contributed by atoms with Crippen molar-refractivity contribution in [2.75, 3.05) is 33.3 Å². The van der Waals surface area contributed by atoms with E-state index in [9.17, 15) is 14.4 Å². The van der Waals surface area contributed by atoms with Crippen molar-refractivity contribution in [3.8, 4) is 5.75 Å². The van der Waals surface area contributed by atoms with E-state index in [1.54, 1.807) is 31.4 Å². The normalized spacial score (nSPS) is 21.7. The van der Waals surface area contributed by atoms with Gasteiger partial charge in [0, 0.05) is 37.8 Å². The first-order chi connectivity index (χ1) is 17.0. The second-order valence-corrected chi connectivity index (χ2v) is 9.27. The maximum absolute atomic E-state index is 13.3. The molecule has 0 bridgehead atoms. The molecule has 2 aromatic rings. The molecule has 0 aromatic heterocycles. The summed E-state index contributed by atoms with van der Waals surface area (Å²) in [6.45, 7) is 2.63. The fourth-order valence-corrected chi connectivity index (χ4v) is 5.26. The van der Waals surface area contributed by atoms with Crippen LogP contribution in [-0.2, 0) is 9.59 Å². The summed E-state index contributed by atoms with van der Waals surface area (Å²) in [5.74, 6) is -0.252. The summed E-state index contributed by atoms with van der Waals surface area (Å²) in [6, 6.07) is 15.6. The molecule has 3 N–H and O–H groups in total. The van der Waals surface area contributed by atoms with E-state index in [1.165, 1.54) is 0 Å². The lowest BCUT2D eigenvalue weighted by Gasteiger charge is -2.44.